The number of thiazole rings is 1. The molecule has 0 amide bonds. The number of halogens is 3. The van der Waals surface area contributed by atoms with Crippen LogP contribution in [0.1, 0.15) is 29.4 Å². The molecule has 0 unspecified atom stereocenters. The van der Waals surface area contributed by atoms with Crippen LogP contribution in [0.3, 0.4) is 0 Å². The van der Waals surface area contributed by atoms with Crippen molar-refractivity contribution in [1.29, 1.82) is 0 Å². The van der Waals surface area contributed by atoms with Crippen molar-refractivity contribution < 1.29 is 13.2 Å². The number of nitrogens with zero attached hydrogens (tertiary/aromatic N) is 1. The number of aryl methyl sites for hydroxylation is 1. The van der Waals surface area contributed by atoms with Crippen LogP contribution in [-0.4, -0.2) is 4.98 Å². The zero-order valence-electron chi connectivity index (χ0n) is 8.27. The largest absolute Gasteiger partial charge is 0.427 e. The van der Waals surface area contributed by atoms with Crippen molar-refractivity contribution in [2.24, 2.45) is 5.92 Å². The Morgan fingerprint density at radius 1 is 1.36 bits per heavy atom. The summed E-state index contributed by atoms with van der Waals surface area (Å²) in [6.45, 7) is 5.33. The van der Waals surface area contributed by atoms with E-state index in [9.17, 15) is 13.2 Å². The van der Waals surface area contributed by atoms with E-state index >= 15 is 0 Å². The molecule has 0 spiro atoms. The first-order valence-electron chi connectivity index (χ1n) is 4.34. The molecule has 0 N–H and O–H groups in total. The molecule has 0 atom stereocenters. The van der Waals surface area contributed by atoms with Gasteiger partial charge in [-0.1, -0.05) is 13.8 Å². The molecule has 1 aromatic rings. The van der Waals surface area contributed by atoms with Crippen molar-refractivity contribution in [3.8, 4) is 0 Å². The number of rotatable bonds is 2. The molecule has 1 rings (SSSR count). The van der Waals surface area contributed by atoms with Crippen LogP contribution < -0.4 is 0 Å². The van der Waals surface area contributed by atoms with Gasteiger partial charge in [0.15, 0.2) is 0 Å². The number of hydrogen-bond donors (Lipinski definition) is 0. The predicted octanol–water partition coefficient (Wildman–Crippen LogP) is 3.67. The second-order valence-electron chi connectivity index (χ2n) is 3.62. The Hall–Kier alpha value is -0.580. The molecule has 0 saturated carbocycles. The maximum absolute atomic E-state index is 12.4. The molecule has 0 fully saturated rings. The van der Waals surface area contributed by atoms with Gasteiger partial charge in [0.1, 0.15) is 4.88 Å². The quantitative estimate of drug-likeness (QED) is 0.745. The lowest BCUT2D eigenvalue weighted by atomic mass is 10.1. The predicted molar refractivity (Wildman–Crippen MR) is 50.4 cm³/mol. The summed E-state index contributed by atoms with van der Waals surface area (Å²) in [6, 6.07) is 0. The van der Waals surface area contributed by atoms with E-state index in [0.717, 1.165) is 11.3 Å². The van der Waals surface area contributed by atoms with Crippen molar-refractivity contribution >= 4 is 11.3 Å². The smallest absolute Gasteiger partial charge is 0.246 e. The minimum Gasteiger partial charge on any atom is -0.246 e. The lowest BCUT2D eigenvalue weighted by molar-refractivity contribution is -0.134. The van der Waals surface area contributed by atoms with Crippen molar-refractivity contribution in [2.75, 3.05) is 0 Å². The molecule has 0 aliphatic carbocycles. The highest BCUT2D eigenvalue weighted by molar-refractivity contribution is 7.11. The van der Waals surface area contributed by atoms with E-state index in [1.807, 2.05) is 13.8 Å². The molecule has 0 bridgehead atoms. The van der Waals surface area contributed by atoms with Gasteiger partial charge in [0.2, 0.25) is 0 Å². The Morgan fingerprint density at radius 2 is 1.93 bits per heavy atom. The normalized spacial score (nSPS) is 12.5. The van der Waals surface area contributed by atoms with Gasteiger partial charge in [0, 0.05) is 6.42 Å². The van der Waals surface area contributed by atoms with Gasteiger partial charge in [-0.05, 0) is 12.8 Å². The van der Waals surface area contributed by atoms with Crippen LogP contribution in [0.2, 0.25) is 0 Å². The average Bonchev–Trinajstić information content (AvgIpc) is 2.27. The fourth-order valence-corrected chi connectivity index (χ4v) is 2.30. The van der Waals surface area contributed by atoms with E-state index in [2.05, 4.69) is 4.98 Å². The van der Waals surface area contributed by atoms with E-state index < -0.39 is 11.1 Å². The molecule has 14 heavy (non-hydrogen) atoms. The van der Waals surface area contributed by atoms with Gasteiger partial charge in [0.05, 0.1) is 10.7 Å². The van der Waals surface area contributed by atoms with Crippen molar-refractivity contribution in [1.82, 2.24) is 4.98 Å². The summed E-state index contributed by atoms with van der Waals surface area (Å²) in [5.74, 6) is 0.335. The Balaban J connectivity index is 2.94. The number of hydrogen-bond acceptors (Lipinski definition) is 2. The minimum absolute atomic E-state index is 0.0955. The molecule has 1 heterocycles. The van der Waals surface area contributed by atoms with Gasteiger partial charge in [0.25, 0.3) is 0 Å². The van der Waals surface area contributed by atoms with Crippen LogP contribution in [0.15, 0.2) is 0 Å². The molecule has 0 aliphatic rings. The minimum atomic E-state index is -4.25. The van der Waals surface area contributed by atoms with E-state index in [0.29, 0.717) is 17.3 Å². The van der Waals surface area contributed by atoms with Gasteiger partial charge in [-0.15, -0.1) is 11.3 Å². The van der Waals surface area contributed by atoms with E-state index in [1.165, 1.54) is 6.92 Å². The monoisotopic (exact) mass is 223 g/mol. The molecular weight excluding hydrogens is 211 g/mol. The van der Waals surface area contributed by atoms with E-state index in [1.54, 1.807) is 0 Å². The standard InChI is InChI=1S/C9H12F3NS/c1-5(2)4-7-13-6(3)8(14-7)9(10,11)12/h5H,4H2,1-3H3. The summed E-state index contributed by atoms with van der Waals surface area (Å²) in [4.78, 5) is 3.35. The van der Waals surface area contributed by atoms with Crippen LogP contribution in [0.4, 0.5) is 13.2 Å². The highest BCUT2D eigenvalue weighted by Gasteiger charge is 2.35. The highest BCUT2D eigenvalue weighted by Crippen LogP contribution is 2.36. The summed E-state index contributed by atoms with van der Waals surface area (Å²) in [5.41, 5.74) is 0.0955. The highest BCUT2D eigenvalue weighted by atomic mass is 32.1. The van der Waals surface area contributed by atoms with Crippen molar-refractivity contribution in [3.05, 3.63) is 15.6 Å². The van der Waals surface area contributed by atoms with Crippen molar-refractivity contribution in [2.45, 2.75) is 33.4 Å². The third-order valence-electron chi connectivity index (χ3n) is 1.68. The maximum atomic E-state index is 12.4. The summed E-state index contributed by atoms with van der Waals surface area (Å²) < 4.78 is 37.1. The Morgan fingerprint density at radius 3 is 2.29 bits per heavy atom. The molecule has 1 nitrogen and oxygen atoms in total. The van der Waals surface area contributed by atoms with Gasteiger partial charge >= 0.3 is 6.18 Å². The SMILES string of the molecule is Cc1nc(CC(C)C)sc1C(F)(F)F. The van der Waals surface area contributed by atoms with E-state index in [-0.39, 0.29) is 5.69 Å². The number of aromatic nitrogens is 1. The van der Waals surface area contributed by atoms with E-state index in [4.69, 9.17) is 0 Å². The van der Waals surface area contributed by atoms with Gasteiger partial charge in [-0.3, -0.25) is 0 Å². The summed E-state index contributed by atoms with van der Waals surface area (Å²) in [5, 5.41) is 0.574. The first-order chi connectivity index (χ1) is 6.30. The molecule has 0 aliphatic heterocycles. The van der Waals surface area contributed by atoms with Crippen LogP contribution in [0.5, 0.6) is 0 Å². The van der Waals surface area contributed by atoms with Crippen LogP contribution in [0.25, 0.3) is 0 Å². The zero-order chi connectivity index (χ0) is 10.9. The fourth-order valence-electron chi connectivity index (χ4n) is 1.15. The van der Waals surface area contributed by atoms with Crippen LogP contribution >= 0.6 is 11.3 Å². The van der Waals surface area contributed by atoms with Crippen LogP contribution in [-0.2, 0) is 12.6 Å². The second-order valence-corrected chi connectivity index (χ2v) is 4.70. The molecule has 0 aromatic carbocycles. The molecule has 5 heteroatoms. The lowest BCUT2D eigenvalue weighted by Crippen LogP contribution is -2.03. The average molecular weight is 223 g/mol. The maximum Gasteiger partial charge on any atom is 0.427 e. The summed E-state index contributed by atoms with van der Waals surface area (Å²) in [6.07, 6.45) is -3.64. The lowest BCUT2D eigenvalue weighted by Gasteiger charge is -2.02. The fraction of sp³-hybridized carbons (Fsp3) is 0.667. The Kier molecular flexibility index (Phi) is 3.19. The van der Waals surface area contributed by atoms with Crippen molar-refractivity contribution in [3.63, 3.8) is 0 Å². The van der Waals surface area contributed by atoms with Gasteiger partial charge in [-0.25, -0.2) is 4.98 Å². The first kappa shape index (κ1) is 11.5. The summed E-state index contributed by atoms with van der Waals surface area (Å²) in [7, 11) is 0. The molecule has 1 aromatic heterocycles. The second kappa shape index (κ2) is 3.88. The summed E-state index contributed by atoms with van der Waals surface area (Å²) >= 11 is 0.759. The topological polar surface area (TPSA) is 12.9 Å². The molecule has 0 radical (unpaired) electrons. The zero-order valence-corrected chi connectivity index (χ0v) is 9.09. The molecule has 80 valence electrons. The van der Waals surface area contributed by atoms with Crippen LogP contribution in [0, 0.1) is 12.8 Å². The third-order valence-corrected chi connectivity index (χ3v) is 2.91. The van der Waals surface area contributed by atoms with Gasteiger partial charge < -0.3 is 0 Å². The Labute approximate surface area is 85.0 Å². The first-order valence-corrected chi connectivity index (χ1v) is 5.16. The Bertz CT molecular complexity index is 314. The molecule has 0 saturated heterocycles. The van der Waals surface area contributed by atoms with Gasteiger partial charge in [-0.2, -0.15) is 13.2 Å². The number of alkyl halides is 3. The third kappa shape index (κ3) is 2.70. The molecular formula is C9H12F3NS.